The Balaban J connectivity index is 1.86. The van der Waals surface area contributed by atoms with Gasteiger partial charge in [-0.2, -0.15) is 4.99 Å². The summed E-state index contributed by atoms with van der Waals surface area (Å²) in [6.45, 7) is 5.39. The monoisotopic (exact) mass is 250 g/mol. The molecule has 1 unspecified atom stereocenters. The predicted molar refractivity (Wildman–Crippen MR) is 70.6 cm³/mol. The van der Waals surface area contributed by atoms with Crippen molar-refractivity contribution in [3.63, 3.8) is 0 Å². The van der Waals surface area contributed by atoms with Gasteiger partial charge in [0.25, 0.3) is 0 Å². The second-order valence-electron chi connectivity index (χ2n) is 5.70. The highest BCUT2D eigenvalue weighted by atomic mass is 16.2. The second-order valence-corrected chi connectivity index (χ2v) is 5.70. The number of carbonyl (C=O) groups excluding carboxylic acids is 1. The summed E-state index contributed by atoms with van der Waals surface area (Å²) in [6.07, 6.45) is 5.25. The number of nitrogens with zero attached hydrogens (tertiary/aromatic N) is 3. The first kappa shape index (κ1) is 12.0. The molecule has 2 fully saturated rings. The van der Waals surface area contributed by atoms with E-state index >= 15 is 0 Å². The Kier molecular flexibility index (Phi) is 2.81. The molecular weight excluding hydrogens is 228 g/mol. The number of nitrogens with two attached hydrogens (primary N) is 1. The van der Waals surface area contributed by atoms with Gasteiger partial charge in [0.2, 0.25) is 0 Å². The Morgan fingerprint density at radius 1 is 1.39 bits per heavy atom. The number of hydrogen-bond acceptors (Lipinski definition) is 3. The van der Waals surface area contributed by atoms with E-state index in [1.165, 1.54) is 0 Å². The zero-order valence-corrected chi connectivity index (χ0v) is 11.1. The summed E-state index contributed by atoms with van der Waals surface area (Å²) in [7, 11) is 0. The van der Waals surface area contributed by atoms with Crippen LogP contribution in [0, 0.1) is 0 Å². The van der Waals surface area contributed by atoms with Crippen LogP contribution in [0.5, 0.6) is 0 Å². The molecule has 0 aromatic heterocycles. The molecule has 3 aliphatic rings. The minimum Gasteiger partial charge on any atom is -0.385 e. The first-order chi connectivity index (χ1) is 8.67. The standard InChI is InChI=1S/C13H22N4O/c1-2-16-8-3-6-13(7-9-16)11(14)15-12(18)17(13)10-4-5-10/h10H,2-9H2,1H3,(H2,14,15,18). The van der Waals surface area contributed by atoms with Gasteiger partial charge in [-0.15, -0.1) is 0 Å². The van der Waals surface area contributed by atoms with E-state index in [1.54, 1.807) is 0 Å². The van der Waals surface area contributed by atoms with Gasteiger partial charge in [0.1, 0.15) is 11.4 Å². The Bertz CT molecular complexity index is 390. The Labute approximate surface area is 108 Å². The van der Waals surface area contributed by atoms with Crippen molar-refractivity contribution in [2.45, 2.75) is 50.6 Å². The van der Waals surface area contributed by atoms with Crippen LogP contribution in [0.2, 0.25) is 0 Å². The van der Waals surface area contributed by atoms with Crippen LogP contribution in [0.4, 0.5) is 4.79 Å². The minimum atomic E-state index is -0.262. The average molecular weight is 250 g/mol. The SMILES string of the molecule is CCN1CCCC2(CC1)C(N)=NC(=O)N2C1CC1. The normalized spacial score (nSPS) is 33.9. The quantitative estimate of drug-likeness (QED) is 0.800. The first-order valence-electron chi connectivity index (χ1n) is 7.07. The molecule has 1 spiro atoms. The van der Waals surface area contributed by atoms with Crippen molar-refractivity contribution in [1.29, 1.82) is 0 Å². The average Bonchev–Trinajstić information content (AvgIpc) is 3.13. The predicted octanol–water partition coefficient (Wildman–Crippen LogP) is 1.19. The summed E-state index contributed by atoms with van der Waals surface area (Å²) in [5.74, 6) is 0.567. The number of urea groups is 1. The molecule has 5 heteroatoms. The van der Waals surface area contributed by atoms with Crippen LogP contribution in [-0.2, 0) is 0 Å². The number of amides is 2. The molecule has 2 heterocycles. The van der Waals surface area contributed by atoms with E-state index in [0.29, 0.717) is 11.9 Å². The number of hydrogen-bond donors (Lipinski definition) is 1. The molecule has 5 nitrogen and oxygen atoms in total. The van der Waals surface area contributed by atoms with Gasteiger partial charge in [-0.25, -0.2) is 4.79 Å². The fourth-order valence-electron chi connectivity index (χ4n) is 3.39. The lowest BCUT2D eigenvalue weighted by molar-refractivity contribution is 0.153. The summed E-state index contributed by atoms with van der Waals surface area (Å²) in [5, 5.41) is 0. The summed E-state index contributed by atoms with van der Waals surface area (Å²) >= 11 is 0. The molecule has 2 aliphatic heterocycles. The number of amidine groups is 1. The molecule has 1 saturated carbocycles. The van der Waals surface area contributed by atoms with Crippen LogP contribution in [-0.4, -0.2) is 52.9 Å². The second kappa shape index (κ2) is 4.23. The maximum Gasteiger partial charge on any atom is 0.346 e. The highest BCUT2D eigenvalue weighted by Crippen LogP contribution is 2.41. The lowest BCUT2D eigenvalue weighted by atomic mass is 9.88. The smallest absolute Gasteiger partial charge is 0.346 e. The summed E-state index contributed by atoms with van der Waals surface area (Å²) < 4.78 is 0. The van der Waals surface area contributed by atoms with Crippen LogP contribution in [0.1, 0.15) is 39.0 Å². The molecule has 100 valence electrons. The van der Waals surface area contributed by atoms with E-state index in [1.807, 2.05) is 4.90 Å². The van der Waals surface area contributed by atoms with Gasteiger partial charge >= 0.3 is 6.03 Å². The van der Waals surface area contributed by atoms with Crippen LogP contribution in [0.25, 0.3) is 0 Å². The Hall–Kier alpha value is -1.10. The van der Waals surface area contributed by atoms with Gasteiger partial charge in [0, 0.05) is 12.6 Å². The van der Waals surface area contributed by atoms with Crippen molar-refractivity contribution in [2.24, 2.45) is 10.7 Å². The van der Waals surface area contributed by atoms with Crippen molar-refractivity contribution in [2.75, 3.05) is 19.6 Å². The fraction of sp³-hybridized carbons (Fsp3) is 0.846. The molecule has 2 amide bonds. The van der Waals surface area contributed by atoms with E-state index in [2.05, 4.69) is 16.8 Å². The maximum absolute atomic E-state index is 12.0. The van der Waals surface area contributed by atoms with Crippen LogP contribution in [0.15, 0.2) is 4.99 Å². The third-order valence-electron chi connectivity index (χ3n) is 4.63. The van der Waals surface area contributed by atoms with Gasteiger partial charge in [-0.1, -0.05) is 6.92 Å². The molecule has 0 bridgehead atoms. The molecule has 1 saturated heterocycles. The maximum atomic E-state index is 12.0. The first-order valence-corrected chi connectivity index (χ1v) is 7.07. The van der Waals surface area contributed by atoms with Crippen molar-refractivity contribution in [3.8, 4) is 0 Å². The molecule has 3 rings (SSSR count). The van der Waals surface area contributed by atoms with E-state index < -0.39 is 0 Å². The van der Waals surface area contributed by atoms with Crippen molar-refractivity contribution in [1.82, 2.24) is 9.80 Å². The highest BCUT2D eigenvalue weighted by molar-refractivity contribution is 6.06. The van der Waals surface area contributed by atoms with Crippen LogP contribution < -0.4 is 5.73 Å². The molecule has 0 aromatic rings. The van der Waals surface area contributed by atoms with E-state index in [0.717, 1.165) is 51.7 Å². The number of rotatable bonds is 2. The molecule has 1 atom stereocenters. The Morgan fingerprint density at radius 2 is 2.17 bits per heavy atom. The van der Waals surface area contributed by atoms with Gasteiger partial charge < -0.3 is 15.5 Å². The molecule has 0 radical (unpaired) electrons. The minimum absolute atomic E-state index is 0.0973. The number of aliphatic imine (C=N–C) groups is 1. The van der Waals surface area contributed by atoms with Crippen molar-refractivity contribution < 1.29 is 4.79 Å². The van der Waals surface area contributed by atoms with Crippen LogP contribution >= 0.6 is 0 Å². The van der Waals surface area contributed by atoms with Gasteiger partial charge in [0.05, 0.1) is 0 Å². The molecule has 2 N–H and O–H groups in total. The number of carbonyl (C=O) groups is 1. The van der Waals surface area contributed by atoms with Crippen LogP contribution in [0.3, 0.4) is 0 Å². The summed E-state index contributed by atoms with van der Waals surface area (Å²) in [5.41, 5.74) is 5.85. The lowest BCUT2D eigenvalue weighted by Crippen LogP contribution is -2.55. The zero-order valence-electron chi connectivity index (χ0n) is 11.1. The largest absolute Gasteiger partial charge is 0.385 e. The molecule has 0 aromatic carbocycles. The summed E-state index contributed by atoms with van der Waals surface area (Å²) in [6, 6.07) is 0.301. The fourth-order valence-corrected chi connectivity index (χ4v) is 3.39. The molecule has 1 aliphatic carbocycles. The Morgan fingerprint density at radius 3 is 2.83 bits per heavy atom. The third kappa shape index (κ3) is 1.72. The number of likely N-dealkylation sites (tertiary alicyclic amines) is 1. The van der Waals surface area contributed by atoms with Crippen molar-refractivity contribution in [3.05, 3.63) is 0 Å². The highest BCUT2D eigenvalue weighted by Gasteiger charge is 2.53. The molecular formula is C13H22N4O. The van der Waals surface area contributed by atoms with Gasteiger partial charge in [-0.3, -0.25) is 0 Å². The van der Waals surface area contributed by atoms with E-state index in [4.69, 9.17) is 5.73 Å². The lowest BCUT2D eigenvalue weighted by Gasteiger charge is -2.37. The van der Waals surface area contributed by atoms with Crippen molar-refractivity contribution >= 4 is 11.9 Å². The van der Waals surface area contributed by atoms with E-state index in [-0.39, 0.29) is 11.6 Å². The van der Waals surface area contributed by atoms with E-state index in [9.17, 15) is 4.79 Å². The van der Waals surface area contributed by atoms with Gasteiger partial charge in [0.15, 0.2) is 0 Å². The van der Waals surface area contributed by atoms with Gasteiger partial charge in [-0.05, 0) is 45.2 Å². The third-order valence-corrected chi connectivity index (χ3v) is 4.63. The zero-order chi connectivity index (χ0) is 12.8. The topological polar surface area (TPSA) is 61.9 Å². The summed E-state index contributed by atoms with van der Waals surface area (Å²) in [4.78, 5) is 20.6. The molecule has 18 heavy (non-hydrogen) atoms.